The molecule has 0 bridgehead atoms. The average molecular weight is 465 g/mol. The first-order valence-electron chi connectivity index (χ1n) is 11.0. The van der Waals surface area contributed by atoms with Crippen LogP contribution in [0.3, 0.4) is 0 Å². The van der Waals surface area contributed by atoms with Crippen molar-refractivity contribution >= 4 is 28.4 Å². The number of nitrogens with one attached hydrogen (secondary N) is 1. The van der Waals surface area contributed by atoms with Crippen molar-refractivity contribution in [2.75, 3.05) is 19.5 Å². The summed E-state index contributed by atoms with van der Waals surface area (Å²) >= 11 is 0. The lowest BCUT2D eigenvalue weighted by atomic mass is 10.1. The van der Waals surface area contributed by atoms with Gasteiger partial charge in [-0.25, -0.2) is 0 Å². The first kappa shape index (κ1) is 23.4. The smallest absolute Gasteiger partial charge is 0.266 e. The Bertz CT molecular complexity index is 1430. The molecule has 6 nitrogen and oxygen atoms in total. The molecule has 4 aromatic rings. The number of ether oxygens (including phenoxy) is 3. The molecule has 35 heavy (non-hydrogen) atoms. The number of benzene rings is 4. The quantitative estimate of drug-likeness (QED) is 0.256. The summed E-state index contributed by atoms with van der Waals surface area (Å²) in [4.78, 5) is 12.6. The molecule has 0 aliphatic heterocycles. The largest absolute Gasteiger partial charge is 0.497 e. The highest BCUT2D eigenvalue weighted by molar-refractivity contribution is 6.09. The van der Waals surface area contributed by atoms with Gasteiger partial charge in [-0.2, -0.15) is 5.26 Å². The first-order valence-corrected chi connectivity index (χ1v) is 11.0. The molecule has 0 aliphatic carbocycles. The molecule has 4 rings (SSSR count). The van der Waals surface area contributed by atoms with Crippen LogP contribution >= 0.6 is 0 Å². The maximum absolute atomic E-state index is 12.6. The van der Waals surface area contributed by atoms with E-state index in [1.165, 1.54) is 6.08 Å². The van der Waals surface area contributed by atoms with E-state index in [1.807, 2.05) is 30.3 Å². The molecule has 1 N–H and O–H groups in total. The van der Waals surface area contributed by atoms with E-state index in [-0.39, 0.29) is 5.57 Å². The first-order chi connectivity index (χ1) is 17.1. The number of methoxy groups -OCH3 is 2. The summed E-state index contributed by atoms with van der Waals surface area (Å²) in [5.41, 5.74) is 2.19. The Morgan fingerprint density at radius 1 is 0.914 bits per heavy atom. The SMILES string of the molecule is COc1cccc(NC(=O)/C(C#N)=C/c2ccc(OCc3cccc4ccccc34)c(OC)c2)c1. The molecule has 0 fully saturated rings. The number of amides is 1. The molecule has 0 unspecified atom stereocenters. The predicted octanol–water partition coefficient (Wildman–Crippen LogP) is 5.98. The van der Waals surface area contributed by atoms with E-state index in [0.717, 1.165) is 16.3 Å². The molecule has 4 aromatic carbocycles. The van der Waals surface area contributed by atoms with Gasteiger partial charge in [-0.1, -0.05) is 54.6 Å². The van der Waals surface area contributed by atoms with Crippen molar-refractivity contribution < 1.29 is 19.0 Å². The summed E-state index contributed by atoms with van der Waals surface area (Å²) in [5.74, 6) is 1.16. The third kappa shape index (κ3) is 5.60. The Labute approximate surface area is 204 Å². The molecule has 174 valence electrons. The minimum absolute atomic E-state index is 0.0423. The molecule has 0 saturated heterocycles. The number of nitrogens with zero attached hydrogens (tertiary/aromatic N) is 1. The number of nitriles is 1. The number of rotatable bonds is 8. The maximum atomic E-state index is 12.6. The summed E-state index contributed by atoms with van der Waals surface area (Å²) in [5, 5.41) is 14.6. The van der Waals surface area contributed by atoms with Crippen LogP contribution < -0.4 is 19.5 Å². The number of fused-ring (bicyclic) bond motifs is 1. The van der Waals surface area contributed by atoms with Crippen molar-refractivity contribution in [1.82, 2.24) is 0 Å². The Morgan fingerprint density at radius 3 is 2.51 bits per heavy atom. The van der Waals surface area contributed by atoms with E-state index in [9.17, 15) is 10.1 Å². The van der Waals surface area contributed by atoms with Crippen LogP contribution in [0, 0.1) is 11.3 Å². The summed E-state index contributed by atoms with van der Waals surface area (Å²) in [6.07, 6.45) is 1.51. The van der Waals surface area contributed by atoms with Crippen LogP contribution in [0.1, 0.15) is 11.1 Å². The molecule has 6 heteroatoms. The zero-order chi connectivity index (χ0) is 24.6. The zero-order valence-corrected chi connectivity index (χ0v) is 19.4. The Morgan fingerprint density at radius 2 is 1.71 bits per heavy atom. The highest BCUT2D eigenvalue weighted by Crippen LogP contribution is 2.30. The van der Waals surface area contributed by atoms with E-state index in [0.29, 0.717) is 35.1 Å². The minimum atomic E-state index is -0.518. The Kier molecular flexibility index (Phi) is 7.29. The van der Waals surface area contributed by atoms with Crippen LogP contribution in [0.25, 0.3) is 16.8 Å². The summed E-state index contributed by atoms with van der Waals surface area (Å²) in [6, 6.07) is 28.4. The fourth-order valence-corrected chi connectivity index (χ4v) is 3.68. The van der Waals surface area contributed by atoms with Crippen LogP contribution in [0.4, 0.5) is 5.69 Å². The van der Waals surface area contributed by atoms with Crippen molar-refractivity contribution in [2.24, 2.45) is 0 Å². The van der Waals surface area contributed by atoms with E-state index in [2.05, 4.69) is 23.5 Å². The number of carbonyl (C=O) groups excluding carboxylic acids is 1. The molecule has 0 spiro atoms. The second-order valence-corrected chi connectivity index (χ2v) is 7.69. The van der Waals surface area contributed by atoms with Gasteiger partial charge in [0, 0.05) is 11.8 Å². The average Bonchev–Trinajstić information content (AvgIpc) is 2.90. The normalized spacial score (nSPS) is 10.9. The molecule has 0 heterocycles. The van der Waals surface area contributed by atoms with Gasteiger partial charge < -0.3 is 19.5 Å². The molecule has 0 saturated carbocycles. The second kappa shape index (κ2) is 10.9. The number of hydrogen-bond acceptors (Lipinski definition) is 5. The van der Waals surface area contributed by atoms with Gasteiger partial charge >= 0.3 is 0 Å². The molecular weight excluding hydrogens is 440 g/mol. The Balaban J connectivity index is 1.51. The Hall–Kier alpha value is -4.76. The summed E-state index contributed by atoms with van der Waals surface area (Å²) < 4.78 is 16.7. The maximum Gasteiger partial charge on any atom is 0.266 e. The van der Waals surface area contributed by atoms with Crippen LogP contribution in [0.15, 0.2) is 90.5 Å². The van der Waals surface area contributed by atoms with E-state index < -0.39 is 5.91 Å². The van der Waals surface area contributed by atoms with Crippen molar-refractivity contribution in [3.8, 4) is 23.3 Å². The predicted molar refractivity (Wildman–Crippen MR) is 136 cm³/mol. The molecule has 1 amide bonds. The van der Waals surface area contributed by atoms with Crippen molar-refractivity contribution in [2.45, 2.75) is 6.61 Å². The van der Waals surface area contributed by atoms with Gasteiger partial charge in [-0.3, -0.25) is 4.79 Å². The molecule has 0 radical (unpaired) electrons. The fraction of sp³-hybridized carbons (Fsp3) is 0.103. The molecule has 0 atom stereocenters. The van der Waals surface area contributed by atoms with E-state index in [1.54, 1.807) is 56.7 Å². The van der Waals surface area contributed by atoms with Gasteiger partial charge in [0.05, 0.1) is 14.2 Å². The van der Waals surface area contributed by atoms with Gasteiger partial charge in [-0.05, 0) is 52.2 Å². The third-order valence-corrected chi connectivity index (χ3v) is 5.45. The van der Waals surface area contributed by atoms with Gasteiger partial charge in [-0.15, -0.1) is 0 Å². The van der Waals surface area contributed by atoms with E-state index in [4.69, 9.17) is 14.2 Å². The lowest BCUT2D eigenvalue weighted by Gasteiger charge is -2.13. The third-order valence-electron chi connectivity index (χ3n) is 5.45. The van der Waals surface area contributed by atoms with Crippen LogP contribution in [-0.2, 0) is 11.4 Å². The second-order valence-electron chi connectivity index (χ2n) is 7.69. The highest BCUT2D eigenvalue weighted by Gasteiger charge is 2.12. The zero-order valence-electron chi connectivity index (χ0n) is 19.4. The summed E-state index contributed by atoms with van der Waals surface area (Å²) in [7, 11) is 3.10. The number of hydrogen-bond donors (Lipinski definition) is 1. The van der Waals surface area contributed by atoms with Gasteiger partial charge in [0.1, 0.15) is 24.0 Å². The van der Waals surface area contributed by atoms with Crippen molar-refractivity contribution in [1.29, 1.82) is 5.26 Å². The van der Waals surface area contributed by atoms with Gasteiger partial charge in [0.25, 0.3) is 5.91 Å². The standard InChI is InChI=1S/C29H24N2O4/c1-33-25-11-6-10-24(17-25)31-29(32)23(18-30)15-20-13-14-27(28(16-20)34-2)35-19-22-9-5-8-21-7-3-4-12-26(21)22/h3-17H,19H2,1-2H3,(H,31,32)/b23-15+. The highest BCUT2D eigenvalue weighted by atomic mass is 16.5. The van der Waals surface area contributed by atoms with Crippen LogP contribution in [0.5, 0.6) is 17.2 Å². The lowest BCUT2D eigenvalue weighted by Crippen LogP contribution is -2.13. The monoisotopic (exact) mass is 464 g/mol. The van der Waals surface area contributed by atoms with Crippen LogP contribution in [0.2, 0.25) is 0 Å². The summed E-state index contributed by atoms with van der Waals surface area (Å²) in [6.45, 7) is 0.374. The molecule has 0 aliphatic rings. The van der Waals surface area contributed by atoms with Gasteiger partial charge in [0.15, 0.2) is 11.5 Å². The topological polar surface area (TPSA) is 80.6 Å². The molecular formula is C29H24N2O4. The van der Waals surface area contributed by atoms with Crippen LogP contribution in [-0.4, -0.2) is 20.1 Å². The number of carbonyl (C=O) groups is 1. The van der Waals surface area contributed by atoms with Crippen molar-refractivity contribution in [3.63, 3.8) is 0 Å². The molecule has 0 aromatic heterocycles. The van der Waals surface area contributed by atoms with E-state index >= 15 is 0 Å². The van der Waals surface area contributed by atoms with Gasteiger partial charge in [0.2, 0.25) is 0 Å². The fourth-order valence-electron chi connectivity index (χ4n) is 3.68. The minimum Gasteiger partial charge on any atom is -0.497 e. The van der Waals surface area contributed by atoms with Crippen molar-refractivity contribution in [3.05, 3.63) is 102 Å². The number of anilines is 1. The lowest BCUT2D eigenvalue weighted by molar-refractivity contribution is -0.112.